The molecular weight excluding hydrogens is 372 g/mol. The van der Waals surface area contributed by atoms with Crippen molar-refractivity contribution in [1.29, 1.82) is 0 Å². The summed E-state index contributed by atoms with van der Waals surface area (Å²) >= 11 is 0. The molecule has 0 spiro atoms. The Labute approximate surface area is 177 Å². The number of hydrogen-bond donors (Lipinski definition) is 1. The van der Waals surface area contributed by atoms with Crippen molar-refractivity contribution in [2.45, 2.75) is 39.7 Å². The average molecular weight is 401 g/mol. The maximum Gasteiger partial charge on any atom is 0.219 e. The Bertz CT molecular complexity index is 1100. The second kappa shape index (κ2) is 8.66. The Morgan fingerprint density at radius 3 is 2.60 bits per heavy atom. The van der Waals surface area contributed by atoms with Gasteiger partial charge in [-0.25, -0.2) is 0 Å². The third-order valence-electron chi connectivity index (χ3n) is 5.81. The van der Waals surface area contributed by atoms with E-state index in [4.69, 9.17) is 0 Å². The molecular formula is C25H28N4O. The lowest BCUT2D eigenvalue weighted by molar-refractivity contribution is -0.129. The molecule has 0 aliphatic carbocycles. The van der Waals surface area contributed by atoms with Crippen LogP contribution in [0.15, 0.2) is 48.8 Å². The molecule has 1 N–H and O–H groups in total. The van der Waals surface area contributed by atoms with Crippen molar-refractivity contribution >= 4 is 28.7 Å². The number of amides is 1. The van der Waals surface area contributed by atoms with E-state index in [1.165, 1.54) is 11.1 Å². The number of allylic oxidation sites excluding steroid dienone is 1. The summed E-state index contributed by atoms with van der Waals surface area (Å²) in [6.07, 6.45) is 9.57. The summed E-state index contributed by atoms with van der Waals surface area (Å²) in [6.45, 7) is 7.42. The molecule has 5 nitrogen and oxygen atoms in total. The third-order valence-corrected chi connectivity index (χ3v) is 5.81. The standard InChI is InChI=1S/C25H28N4O/c1-4-5-19-6-7-20(14-17(19)2)23-15-22(16-24-25(23)27-11-10-26-24)28-21-8-12-29(13-9-21)18(3)30/h4-7,10-11,14-16,21,28H,8-9,12-13H2,1-3H3/b5-4-. The maximum atomic E-state index is 11.6. The molecule has 1 saturated heterocycles. The summed E-state index contributed by atoms with van der Waals surface area (Å²) in [6, 6.07) is 11.1. The predicted molar refractivity (Wildman–Crippen MR) is 123 cm³/mol. The maximum absolute atomic E-state index is 11.6. The number of rotatable bonds is 4. The summed E-state index contributed by atoms with van der Waals surface area (Å²) in [5.74, 6) is 0.161. The zero-order valence-electron chi connectivity index (χ0n) is 17.9. The van der Waals surface area contributed by atoms with E-state index in [0.29, 0.717) is 6.04 Å². The molecule has 0 radical (unpaired) electrons. The minimum Gasteiger partial charge on any atom is -0.382 e. The van der Waals surface area contributed by atoms with Crippen LogP contribution in [0.1, 0.15) is 37.8 Å². The second-order valence-electron chi connectivity index (χ2n) is 7.94. The summed E-state index contributed by atoms with van der Waals surface area (Å²) in [5.41, 5.74) is 7.53. The highest BCUT2D eigenvalue weighted by Crippen LogP contribution is 2.32. The van der Waals surface area contributed by atoms with Crippen LogP contribution in [-0.4, -0.2) is 39.9 Å². The number of piperidine rings is 1. The van der Waals surface area contributed by atoms with Crippen molar-refractivity contribution in [3.05, 3.63) is 59.9 Å². The van der Waals surface area contributed by atoms with Crippen molar-refractivity contribution in [1.82, 2.24) is 14.9 Å². The minimum atomic E-state index is 0.161. The fourth-order valence-electron chi connectivity index (χ4n) is 4.16. The van der Waals surface area contributed by atoms with Gasteiger partial charge in [0.05, 0.1) is 11.0 Å². The first-order valence-electron chi connectivity index (χ1n) is 10.6. The van der Waals surface area contributed by atoms with Crippen LogP contribution >= 0.6 is 0 Å². The first-order valence-corrected chi connectivity index (χ1v) is 10.6. The molecule has 1 fully saturated rings. The summed E-state index contributed by atoms with van der Waals surface area (Å²) in [4.78, 5) is 22.7. The summed E-state index contributed by atoms with van der Waals surface area (Å²) in [5, 5.41) is 3.67. The first kappa shape index (κ1) is 20.1. The molecule has 1 aromatic heterocycles. The smallest absolute Gasteiger partial charge is 0.219 e. The topological polar surface area (TPSA) is 58.1 Å². The van der Waals surface area contributed by atoms with E-state index in [9.17, 15) is 4.79 Å². The zero-order valence-corrected chi connectivity index (χ0v) is 17.9. The van der Waals surface area contributed by atoms with Crippen molar-refractivity contribution in [3.8, 4) is 11.1 Å². The van der Waals surface area contributed by atoms with E-state index >= 15 is 0 Å². The van der Waals surface area contributed by atoms with Gasteiger partial charge in [-0.05, 0) is 55.5 Å². The Kier molecular flexibility index (Phi) is 5.79. The fraction of sp³-hybridized carbons (Fsp3) is 0.320. The molecule has 0 atom stereocenters. The number of benzene rings is 2. The van der Waals surface area contributed by atoms with Gasteiger partial charge < -0.3 is 10.2 Å². The number of carbonyl (C=O) groups excluding carboxylic acids is 1. The molecule has 1 aliphatic rings. The fourth-order valence-corrected chi connectivity index (χ4v) is 4.16. The van der Waals surface area contributed by atoms with Gasteiger partial charge in [-0.15, -0.1) is 0 Å². The normalized spacial score (nSPS) is 15.1. The molecule has 2 aromatic carbocycles. The number of aromatic nitrogens is 2. The van der Waals surface area contributed by atoms with Crippen LogP contribution in [0.25, 0.3) is 28.2 Å². The Morgan fingerprint density at radius 1 is 1.13 bits per heavy atom. The third kappa shape index (κ3) is 4.20. The Balaban J connectivity index is 1.67. The molecule has 1 aliphatic heterocycles. The average Bonchev–Trinajstić information content (AvgIpc) is 2.75. The van der Waals surface area contributed by atoms with Gasteiger partial charge in [0.2, 0.25) is 5.91 Å². The molecule has 0 unspecified atom stereocenters. The molecule has 5 heteroatoms. The minimum absolute atomic E-state index is 0.161. The van der Waals surface area contributed by atoms with Gasteiger partial charge in [0, 0.05) is 49.7 Å². The Hall–Kier alpha value is -3.21. The number of nitrogens with zero attached hydrogens (tertiary/aromatic N) is 3. The van der Waals surface area contributed by atoms with Crippen LogP contribution in [0.3, 0.4) is 0 Å². The highest BCUT2D eigenvalue weighted by atomic mass is 16.2. The molecule has 1 amide bonds. The molecule has 4 rings (SSSR count). The molecule has 30 heavy (non-hydrogen) atoms. The van der Waals surface area contributed by atoms with E-state index in [1.54, 1.807) is 19.3 Å². The lowest BCUT2D eigenvalue weighted by atomic mass is 9.97. The van der Waals surface area contributed by atoms with Crippen LogP contribution in [0.5, 0.6) is 0 Å². The van der Waals surface area contributed by atoms with Gasteiger partial charge in [-0.2, -0.15) is 0 Å². The monoisotopic (exact) mass is 400 g/mol. The van der Waals surface area contributed by atoms with Crippen LogP contribution in [0, 0.1) is 6.92 Å². The molecule has 3 aromatic rings. The van der Waals surface area contributed by atoms with Gasteiger partial charge in [0.15, 0.2) is 0 Å². The van der Waals surface area contributed by atoms with Crippen molar-refractivity contribution in [3.63, 3.8) is 0 Å². The van der Waals surface area contributed by atoms with Crippen LogP contribution in [-0.2, 0) is 4.79 Å². The van der Waals surface area contributed by atoms with Gasteiger partial charge in [-0.3, -0.25) is 14.8 Å². The van der Waals surface area contributed by atoms with Crippen molar-refractivity contribution < 1.29 is 4.79 Å². The number of hydrogen-bond acceptors (Lipinski definition) is 4. The van der Waals surface area contributed by atoms with Gasteiger partial charge in [-0.1, -0.05) is 30.4 Å². The van der Waals surface area contributed by atoms with Gasteiger partial charge >= 0.3 is 0 Å². The molecule has 154 valence electrons. The van der Waals surface area contributed by atoms with Gasteiger partial charge in [0.25, 0.3) is 0 Å². The predicted octanol–water partition coefficient (Wildman–Crippen LogP) is 5.06. The lowest BCUT2D eigenvalue weighted by Crippen LogP contribution is -2.41. The number of likely N-dealkylation sites (tertiary alicyclic amines) is 1. The van der Waals surface area contributed by atoms with E-state index < -0.39 is 0 Å². The highest BCUT2D eigenvalue weighted by Gasteiger charge is 2.21. The number of anilines is 1. The molecule has 2 heterocycles. The van der Waals surface area contributed by atoms with E-state index in [0.717, 1.165) is 53.8 Å². The van der Waals surface area contributed by atoms with E-state index in [1.807, 2.05) is 11.8 Å². The SMILES string of the molecule is C/C=C\c1ccc(-c2cc(NC3CCN(C(C)=O)CC3)cc3nccnc23)cc1C. The quantitative estimate of drug-likeness (QED) is 0.665. The Morgan fingerprint density at radius 2 is 1.90 bits per heavy atom. The largest absolute Gasteiger partial charge is 0.382 e. The molecule has 0 bridgehead atoms. The zero-order chi connectivity index (χ0) is 21.1. The van der Waals surface area contributed by atoms with Crippen molar-refractivity contribution in [2.75, 3.05) is 18.4 Å². The van der Waals surface area contributed by atoms with Crippen molar-refractivity contribution in [2.24, 2.45) is 0 Å². The summed E-state index contributed by atoms with van der Waals surface area (Å²) in [7, 11) is 0. The van der Waals surface area contributed by atoms with Crippen LogP contribution in [0.4, 0.5) is 5.69 Å². The highest BCUT2D eigenvalue weighted by molar-refractivity contribution is 5.94. The number of nitrogens with one attached hydrogen (secondary N) is 1. The summed E-state index contributed by atoms with van der Waals surface area (Å²) < 4.78 is 0. The molecule has 0 saturated carbocycles. The van der Waals surface area contributed by atoms with Gasteiger partial charge in [0.1, 0.15) is 0 Å². The number of carbonyl (C=O) groups is 1. The van der Waals surface area contributed by atoms with Crippen LogP contribution < -0.4 is 5.32 Å². The lowest BCUT2D eigenvalue weighted by Gasteiger charge is -2.32. The number of aryl methyl sites for hydroxylation is 1. The second-order valence-corrected chi connectivity index (χ2v) is 7.94. The first-order chi connectivity index (χ1) is 14.5. The van der Waals surface area contributed by atoms with E-state index in [-0.39, 0.29) is 5.91 Å². The van der Waals surface area contributed by atoms with E-state index in [2.05, 4.69) is 64.7 Å². The van der Waals surface area contributed by atoms with Crippen LogP contribution in [0.2, 0.25) is 0 Å². The number of fused-ring (bicyclic) bond motifs is 1.